The van der Waals surface area contributed by atoms with Crippen LogP contribution in [0.15, 0.2) is 30.3 Å². The number of amides is 1. The fraction of sp³-hybridized carbons (Fsp3) is 0.588. The van der Waals surface area contributed by atoms with Crippen molar-refractivity contribution >= 4 is 5.91 Å². The van der Waals surface area contributed by atoms with Gasteiger partial charge in [0.1, 0.15) is 0 Å². The van der Waals surface area contributed by atoms with Crippen LogP contribution < -0.4 is 5.32 Å². The van der Waals surface area contributed by atoms with E-state index in [1.165, 1.54) is 12.8 Å². The molecule has 0 bridgehead atoms. The van der Waals surface area contributed by atoms with Crippen molar-refractivity contribution in [1.29, 1.82) is 0 Å². The van der Waals surface area contributed by atoms with Gasteiger partial charge in [-0.15, -0.1) is 0 Å². The number of carbonyl (C=O) groups excluding carboxylic acids is 1. The van der Waals surface area contributed by atoms with E-state index in [0.29, 0.717) is 25.4 Å². The summed E-state index contributed by atoms with van der Waals surface area (Å²) in [5.74, 6) is 0.828. The minimum Gasteiger partial charge on any atom is -0.395 e. The SMILES string of the molecule is O=C(CCC1CCNCC1)N(CCO)Cc1ccccc1. The van der Waals surface area contributed by atoms with Crippen LogP contribution in [0.5, 0.6) is 0 Å². The lowest BCUT2D eigenvalue weighted by Gasteiger charge is -2.25. The maximum Gasteiger partial charge on any atom is 0.222 e. The van der Waals surface area contributed by atoms with Crippen molar-refractivity contribution in [3.05, 3.63) is 35.9 Å². The molecule has 4 heteroatoms. The molecule has 0 atom stereocenters. The summed E-state index contributed by atoms with van der Waals surface area (Å²) in [7, 11) is 0. The van der Waals surface area contributed by atoms with Gasteiger partial charge in [-0.3, -0.25) is 4.79 Å². The van der Waals surface area contributed by atoms with Crippen molar-refractivity contribution in [2.24, 2.45) is 5.92 Å². The van der Waals surface area contributed by atoms with Crippen molar-refractivity contribution in [2.45, 2.75) is 32.2 Å². The van der Waals surface area contributed by atoms with Crippen LogP contribution in [-0.2, 0) is 11.3 Å². The first-order valence-corrected chi connectivity index (χ1v) is 7.93. The minimum absolute atomic E-state index is 0.0198. The molecule has 116 valence electrons. The zero-order valence-electron chi connectivity index (χ0n) is 12.6. The monoisotopic (exact) mass is 290 g/mol. The largest absolute Gasteiger partial charge is 0.395 e. The Morgan fingerprint density at radius 1 is 1.24 bits per heavy atom. The van der Waals surface area contributed by atoms with E-state index >= 15 is 0 Å². The number of nitrogens with one attached hydrogen (secondary N) is 1. The molecule has 2 N–H and O–H groups in total. The van der Waals surface area contributed by atoms with Crippen molar-refractivity contribution < 1.29 is 9.90 Å². The van der Waals surface area contributed by atoms with Gasteiger partial charge in [0, 0.05) is 19.5 Å². The Kier molecular flexibility index (Phi) is 6.70. The lowest BCUT2D eigenvalue weighted by atomic mass is 9.93. The second-order valence-corrected chi connectivity index (χ2v) is 5.76. The summed E-state index contributed by atoms with van der Waals surface area (Å²) in [6, 6.07) is 9.96. The Morgan fingerprint density at radius 3 is 2.62 bits per heavy atom. The molecular formula is C17H26N2O2. The van der Waals surface area contributed by atoms with Gasteiger partial charge in [0.15, 0.2) is 0 Å². The maximum absolute atomic E-state index is 12.4. The van der Waals surface area contributed by atoms with E-state index in [1.54, 1.807) is 4.90 Å². The Morgan fingerprint density at radius 2 is 1.95 bits per heavy atom. The molecule has 0 saturated carbocycles. The van der Waals surface area contributed by atoms with Gasteiger partial charge in [-0.1, -0.05) is 30.3 Å². The van der Waals surface area contributed by atoms with E-state index in [0.717, 1.165) is 25.1 Å². The topological polar surface area (TPSA) is 52.6 Å². The summed E-state index contributed by atoms with van der Waals surface area (Å²) >= 11 is 0. The summed E-state index contributed by atoms with van der Waals surface area (Å²) < 4.78 is 0. The van der Waals surface area contributed by atoms with E-state index in [9.17, 15) is 9.90 Å². The summed E-state index contributed by atoms with van der Waals surface area (Å²) in [4.78, 5) is 14.2. The second kappa shape index (κ2) is 8.80. The third-order valence-electron chi connectivity index (χ3n) is 4.16. The predicted octanol–water partition coefficient (Wildman–Crippen LogP) is 1.79. The van der Waals surface area contributed by atoms with Gasteiger partial charge >= 0.3 is 0 Å². The lowest BCUT2D eigenvalue weighted by molar-refractivity contribution is -0.132. The molecule has 1 aliphatic heterocycles. The molecule has 1 heterocycles. The molecule has 1 amide bonds. The van der Waals surface area contributed by atoms with E-state index in [2.05, 4.69) is 5.32 Å². The molecule has 1 aromatic carbocycles. The molecule has 1 fully saturated rings. The Bertz CT molecular complexity index is 416. The molecule has 1 saturated heterocycles. The van der Waals surface area contributed by atoms with Crippen LogP contribution in [0.3, 0.4) is 0 Å². The summed E-state index contributed by atoms with van der Waals surface area (Å²) in [6.07, 6.45) is 3.91. The van der Waals surface area contributed by atoms with E-state index in [1.807, 2.05) is 30.3 Å². The second-order valence-electron chi connectivity index (χ2n) is 5.76. The number of aliphatic hydroxyl groups excluding tert-OH is 1. The average Bonchev–Trinajstić information content (AvgIpc) is 2.54. The minimum atomic E-state index is 0.0198. The zero-order chi connectivity index (χ0) is 14.9. The first-order chi connectivity index (χ1) is 10.3. The molecule has 0 aromatic heterocycles. The van der Waals surface area contributed by atoms with Crippen LogP contribution in [-0.4, -0.2) is 42.2 Å². The number of piperidine rings is 1. The summed E-state index contributed by atoms with van der Waals surface area (Å²) in [6.45, 7) is 3.17. The predicted molar refractivity (Wildman–Crippen MR) is 83.8 cm³/mol. The summed E-state index contributed by atoms with van der Waals surface area (Å²) in [5.41, 5.74) is 1.11. The van der Waals surface area contributed by atoms with Crippen LogP contribution in [0.1, 0.15) is 31.2 Å². The third kappa shape index (κ3) is 5.48. The highest BCUT2D eigenvalue weighted by atomic mass is 16.3. The van der Waals surface area contributed by atoms with Crippen molar-refractivity contribution in [1.82, 2.24) is 10.2 Å². The van der Waals surface area contributed by atoms with Crippen LogP contribution in [0, 0.1) is 5.92 Å². The van der Waals surface area contributed by atoms with Crippen LogP contribution in [0.25, 0.3) is 0 Å². The highest BCUT2D eigenvalue weighted by Crippen LogP contribution is 2.18. The Hall–Kier alpha value is -1.39. The van der Waals surface area contributed by atoms with Crippen LogP contribution in [0.2, 0.25) is 0 Å². The van der Waals surface area contributed by atoms with Gasteiger partial charge in [0.2, 0.25) is 5.91 Å². The number of carbonyl (C=O) groups is 1. The first-order valence-electron chi connectivity index (χ1n) is 7.93. The van der Waals surface area contributed by atoms with Crippen molar-refractivity contribution in [2.75, 3.05) is 26.2 Å². The molecule has 1 aromatic rings. The normalized spacial score (nSPS) is 15.9. The van der Waals surface area contributed by atoms with Gasteiger partial charge < -0.3 is 15.3 Å². The number of benzene rings is 1. The maximum atomic E-state index is 12.4. The van der Waals surface area contributed by atoms with Crippen LogP contribution >= 0.6 is 0 Å². The Balaban J connectivity index is 1.83. The molecule has 1 aliphatic rings. The number of aliphatic hydroxyl groups is 1. The average molecular weight is 290 g/mol. The molecule has 0 radical (unpaired) electrons. The summed E-state index contributed by atoms with van der Waals surface area (Å²) in [5, 5.41) is 12.5. The molecule has 2 rings (SSSR count). The number of rotatable bonds is 7. The molecule has 0 aliphatic carbocycles. The van der Waals surface area contributed by atoms with Gasteiger partial charge in [-0.2, -0.15) is 0 Å². The van der Waals surface area contributed by atoms with Gasteiger partial charge in [-0.25, -0.2) is 0 Å². The van der Waals surface area contributed by atoms with E-state index in [-0.39, 0.29) is 12.5 Å². The van der Waals surface area contributed by atoms with Crippen molar-refractivity contribution in [3.63, 3.8) is 0 Å². The lowest BCUT2D eigenvalue weighted by Crippen LogP contribution is -2.34. The molecular weight excluding hydrogens is 264 g/mol. The quantitative estimate of drug-likeness (QED) is 0.805. The standard InChI is InChI=1S/C17H26N2O2/c20-13-12-19(14-16-4-2-1-3-5-16)17(21)7-6-15-8-10-18-11-9-15/h1-5,15,18,20H,6-14H2. The molecule has 0 unspecified atom stereocenters. The van der Waals surface area contributed by atoms with Gasteiger partial charge in [-0.05, 0) is 43.8 Å². The van der Waals surface area contributed by atoms with E-state index in [4.69, 9.17) is 0 Å². The molecule has 4 nitrogen and oxygen atoms in total. The fourth-order valence-electron chi connectivity index (χ4n) is 2.87. The Labute approximate surface area is 127 Å². The third-order valence-corrected chi connectivity index (χ3v) is 4.16. The zero-order valence-corrected chi connectivity index (χ0v) is 12.6. The van der Waals surface area contributed by atoms with Gasteiger partial charge in [0.25, 0.3) is 0 Å². The van der Waals surface area contributed by atoms with Gasteiger partial charge in [0.05, 0.1) is 6.61 Å². The van der Waals surface area contributed by atoms with E-state index < -0.39 is 0 Å². The molecule has 21 heavy (non-hydrogen) atoms. The van der Waals surface area contributed by atoms with Crippen molar-refractivity contribution in [3.8, 4) is 0 Å². The highest BCUT2D eigenvalue weighted by Gasteiger charge is 2.18. The molecule has 0 spiro atoms. The fourth-order valence-corrected chi connectivity index (χ4v) is 2.87. The first kappa shape index (κ1) is 16.0. The highest BCUT2D eigenvalue weighted by molar-refractivity contribution is 5.76. The smallest absolute Gasteiger partial charge is 0.222 e. The number of hydrogen-bond acceptors (Lipinski definition) is 3. The number of nitrogens with zero attached hydrogens (tertiary/aromatic N) is 1. The van der Waals surface area contributed by atoms with Crippen LogP contribution in [0.4, 0.5) is 0 Å². The number of hydrogen-bond donors (Lipinski definition) is 2.